The van der Waals surface area contributed by atoms with Gasteiger partial charge < -0.3 is 48.5 Å². The molecule has 0 aliphatic heterocycles. The van der Waals surface area contributed by atoms with Crippen LogP contribution >= 0.6 is 0 Å². The Morgan fingerprint density at radius 3 is 1.88 bits per heavy atom. The average Bonchev–Trinajstić information content (AvgIpc) is 2.69. The molecular weight excluding hydrogens is 444 g/mol. The van der Waals surface area contributed by atoms with Crippen LogP contribution in [0.5, 0.6) is 0 Å². The van der Waals surface area contributed by atoms with Crippen LogP contribution in [0, 0.1) is 0 Å². The number of hydrogen-bond acceptors (Lipinski definition) is 9. The number of carboxylic acids is 2. The monoisotopic (exact) mass is 476 g/mol. The lowest BCUT2D eigenvalue weighted by molar-refractivity contribution is -0.148. The molecule has 0 aromatic carbocycles. The van der Waals surface area contributed by atoms with Crippen molar-refractivity contribution in [3.05, 3.63) is 0 Å². The van der Waals surface area contributed by atoms with Gasteiger partial charge in [0.25, 0.3) is 0 Å². The molecule has 0 aliphatic rings. The number of nitrogens with one attached hydrogen (secondary N) is 3. The van der Waals surface area contributed by atoms with E-state index in [9.17, 15) is 33.9 Å². The molecule has 0 radical (unpaired) electrons. The van der Waals surface area contributed by atoms with Crippen LogP contribution < -0.4 is 33.2 Å². The fourth-order valence-electron chi connectivity index (χ4n) is 2.65. The molecule has 4 amide bonds. The first kappa shape index (κ1) is 29.7. The molecule has 0 heterocycles. The molecule has 0 saturated carbocycles. The summed E-state index contributed by atoms with van der Waals surface area (Å²) in [6, 6.07) is -6.02. The van der Waals surface area contributed by atoms with E-state index < -0.39 is 78.7 Å². The van der Waals surface area contributed by atoms with Crippen LogP contribution in [0.3, 0.4) is 0 Å². The van der Waals surface area contributed by atoms with Crippen LogP contribution in [0.2, 0.25) is 0 Å². The van der Waals surface area contributed by atoms with Gasteiger partial charge in [0.15, 0.2) is 0 Å². The van der Waals surface area contributed by atoms with Gasteiger partial charge in [0.2, 0.25) is 23.6 Å². The molecule has 188 valence electrons. The second-order valence-corrected chi connectivity index (χ2v) is 7.35. The zero-order valence-corrected chi connectivity index (χ0v) is 18.2. The molecule has 12 N–H and O–H groups in total. The quantitative estimate of drug-likeness (QED) is 0.0960. The summed E-state index contributed by atoms with van der Waals surface area (Å²) in [5, 5.41) is 34.2. The van der Waals surface area contributed by atoms with Crippen molar-refractivity contribution in [2.75, 3.05) is 6.54 Å². The average molecular weight is 476 g/mol. The summed E-state index contributed by atoms with van der Waals surface area (Å²) in [4.78, 5) is 70.3. The van der Waals surface area contributed by atoms with Crippen molar-refractivity contribution in [2.24, 2.45) is 17.2 Å². The summed E-state index contributed by atoms with van der Waals surface area (Å²) in [6.07, 6.45) is -1.94. The Kier molecular flexibility index (Phi) is 13.2. The number of nitrogens with two attached hydrogens (primary N) is 3. The van der Waals surface area contributed by atoms with Crippen molar-refractivity contribution in [3.8, 4) is 0 Å². The number of carbonyl (C=O) groups excluding carboxylic acids is 4. The maximum Gasteiger partial charge on any atom is 0.326 e. The molecule has 0 saturated heterocycles. The van der Waals surface area contributed by atoms with Gasteiger partial charge in [0, 0.05) is 0 Å². The van der Waals surface area contributed by atoms with Gasteiger partial charge in [0.1, 0.15) is 18.1 Å². The number of hydrogen-bond donors (Lipinski definition) is 9. The highest BCUT2D eigenvalue weighted by Gasteiger charge is 2.33. The topological polar surface area (TPSA) is 277 Å². The lowest BCUT2D eigenvalue weighted by atomic mass is 10.1. The third-order valence-electron chi connectivity index (χ3n) is 4.39. The number of aliphatic hydroxyl groups is 1. The predicted octanol–water partition coefficient (Wildman–Crippen LogP) is -4.29. The number of amides is 4. The van der Waals surface area contributed by atoms with Crippen LogP contribution in [0.25, 0.3) is 0 Å². The normalized spacial score (nSPS) is 15.3. The first-order chi connectivity index (χ1) is 15.3. The first-order valence-corrected chi connectivity index (χ1v) is 10.1. The minimum atomic E-state index is -1.81. The Labute approximate surface area is 189 Å². The Balaban J connectivity index is 5.45. The van der Waals surface area contributed by atoms with Crippen LogP contribution in [0.4, 0.5) is 0 Å². The summed E-state index contributed by atoms with van der Waals surface area (Å²) in [5.41, 5.74) is 16.0. The minimum Gasteiger partial charge on any atom is -0.481 e. The molecule has 0 aromatic heterocycles. The van der Waals surface area contributed by atoms with Crippen molar-refractivity contribution in [3.63, 3.8) is 0 Å². The van der Waals surface area contributed by atoms with Crippen LogP contribution in [0.1, 0.15) is 39.0 Å². The van der Waals surface area contributed by atoms with Gasteiger partial charge in [-0.3, -0.25) is 24.0 Å². The Morgan fingerprint density at radius 1 is 0.848 bits per heavy atom. The minimum absolute atomic E-state index is 0.0724. The third-order valence-corrected chi connectivity index (χ3v) is 4.39. The van der Waals surface area contributed by atoms with Gasteiger partial charge in [-0.1, -0.05) is 0 Å². The largest absolute Gasteiger partial charge is 0.481 e. The first-order valence-electron chi connectivity index (χ1n) is 10.1. The highest BCUT2D eigenvalue weighted by Crippen LogP contribution is 2.05. The van der Waals surface area contributed by atoms with Gasteiger partial charge in [-0.05, 0) is 32.7 Å². The summed E-state index contributed by atoms with van der Waals surface area (Å²) < 4.78 is 0. The molecular formula is C18H32N6O9. The Hall–Kier alpha value is -3.30. The van der Waals surface area contributed by atoms with Gasteiger partial charge in [-0.15, -0.1) is 0 Å². The molecule has 0 bridgehead atoms. The number of aliphatic hydroxyl groups excluding tert-OH is 1. The number of primary amides is 1. The standard InChI is InChI=1S/C18H32N6O9/c1-8(25)14(17(31)23-11(18(32)33)7-13(27)28)24-16(30)10(4-2-3-5-19)22-15(29)9(20)6-12(21)26/h8-11,14,25H,2-7,19-20H2,1H3,(H2,21,26)(H,22,29)(H,23,31)(H,24,30)(H,27,28)(H,32,33). The zero-order valence-electron chi connectivity index (χ0n) is 18.2. The molecule has 15 nitrogen and oxygen atoms in total. The van der Waals surface area contributed by atoms with Gasteiger partial charge in [-0.25, -0.2) is 4.79 Å². The summed E-state index contributed by atoms with van der Waals surface area (Å²) in [7, 11) is 0. The van der Waals surface area contributed by atoms with Gasteiger partial charge in [0.05, 0.1) is 25.0 Å². The smallest absolute Gasteiger partial charge is 0.326 e. The van der Waals surface area contributed by atoms with E-state index in [1.165, 1.54) is 0 Å². The molecule has 5 atom stereocenters. The van der Waals surface area contributed by atoms with E-state index in [2.05, 4.69) is 10.6 Å². The van der Waals surface area contributed by atoms with Crippen LogP contribution in [-0.2, 0) is 28.8 Å². The predicted molar refractivity (Wildman–Crippen MR) is 112 cm³/mol. The second kappa shape index (κ2) is 14.7. The van der Waals surface area contributed by atoms with Crippen LogP contribution in [-0.4, -0.2) is 87.7 Å². The van der Waals surface area contributed by atoms with Crippen molar-refractivity contribution >= 4 is 35.6 Å². The van der Waals surface area contributed by atoms with E-state index >= 15 is 0 Å². The van der Waals surface area contributed by atoms with Crippen molar-refractivity contribution in [1.82, 2.24) is 16.0 Å². The number of rotatable bonds is 16. The van der Waals surface area contributed by atoms with Crippen molar-refractivity contribution < 1.29 is 44.1 Å². The van der Waals surface area contributed by atoms with E-state index in [1.54, 1.807) is 0 Å². The Bertz CT molecular complexity index is 730. The van der Waals surface area contributed by atoms with E-state index in [4.69, 9.17) is 27.4 Å². The van der Waals surface area contributed by atoms with E-state index in [0.29, 0.717) is 19.4 Å². The molecule has 5 unspecified atom stereocenters. The fraction of sp³-hybridized carbons (Fsp3) is 0.667. The summed E-state index contributed by atoms with van der Waals surface area (Å²) >= 11 is 0. The van der Waals surface area contributed by atoms with Crippen LogP contribution in [0.15, 0.2) is 0 Å². The maximum atomic E-state index is 12.7. The fourth-order valence-corrected chi connectivity index (χ4v) is 2.65. The second-order valence-electron chi connectivity index (χ2n) is 7.35. The highest BCUT2D eigenvalue weighted by atomic mass is 16.4. The molecule has 0 rings (SSSR count). The maximum absolute atomic E-state index is 12.7. The van der Waals surface area contributed by atoms with Gasteiger partial charge in [-0.2, -0.15) is 0 Å². The molecule has 33 heavy (non-hydrogen) atoms. The summed E-state index contributed by atoms with van der Waals surface area (Å²) in [5.74, 6) is -6.86. The molecule has 0 fully saturated rings. The van der Waals surface area contributed by atoms with E-state index in [1.807, 2.05) is 5.32 Å². The number of aliphatic carboxylic acids is 2. The van der Waals surface area contributed by atoms with E-state index in [0.717, 1.165) is 6.92 Å². The Morgan fingerprint density at radius 2 is 1.42 bits per heavy atom. The third kappa shape index (κ3) is 11.8. The summed E-state index contributed by atoms with van der Waals surface area (Å²) in [6.45, 7) is 1.45. The molecule has 0 spiro atoms. The highest BCUT2D eigenvalue weighted by molar-refractivity contribution is 5.95. The lowest BCUT2D eigenvalue weighted by Crippen LogP contribution is -2.60. The number of unbranched alkanes of at least 4 members (excludes halogenated alkanes) is 1. The molecule has 0 aliphatic carbocycles. The van der Waals surface area contributed by atoms with Crippen molar-refractivity contribution in [1.29, 1.82) is 0 Å². The number of carboxylic acid groups (broad SMARTS) is 2. The van der Waals surface area contributed by atoms with Gasteiger partial charge >= 0.3 is 11.9 Å². The number of carbonyl (C=O) groups is 6. The SMILES string of the molecule is CC(O)C(NC(=O)C(CCCCN)NC(=O)C(N)CC(N)=O)C(=O)NC(CC(=O)O)C(=O)O. The molecule has 0 aromatic rings. The van der Waals surface area contributed by atoms with E-state index in [-0.39, 0.29) is 6.42 Å². The molecule has 15 heteroatoms. The lowest BCUT2D eigenvalue weighted by Gasteiger charge is -2.26. The zero-order chi connectivity index (χ0) is 25.7. The van der Waals surface area contributed by atoms with Crippen molar-refractivity contribution in [2.45, 2.75) is 69.3 Å².